The molecule has 1 aromatic rings. The molecule has 0 atom stereocenters. The highest BCUT2D eigenvalue weighted by Crippen LogP contribution is 2.16. The normalized spacial score (nSPS) is 10.8. The van der Waals surface area contributed by atoms with Gasteiger partial charge in [-0.15, -0.1) is 11.3 Å². The van der Waals surface area contributed by atoms with Gasteiger partial charge in [0.05, 0.1) is 0 Å². The Morgan fingerprint density at radius 2 is 2.58 bits per heavy atom. The van der Waals surface area contributed by atoms with Crippen LogP contribution in [0.15, 0.2) is 30.3 Å². The molecular weight excluding hydrogens is 166 g/mol. The fraction of sp³-hybridized carbons (Fsp3) is 0.300. The summed E-state index contributed by atoms with van der Waals surface area (Å²) in [5.74, 6) is 0. The van der Waals surface area contributed by atoms with Crippen molar-refractivity contribution in [3.8, 4) is 0 Å². The average Bonchev–Trinajstić information content (AvgIpc) is 2.56. The first kappa shape index (κ1) is 9.20. The molecule has 0 saturated heterocycles. The van der Waals surface area contributed by atoms with E-state index in [2.05, 4.69) is 24.6 Å². The van der Waals surface area contributed by atoms with Crippen molar-refractivity contribution < 1.29 is 0 Å². The van der Waals surface area contributed by atoms with Crippen LogP contribution in [0.25, 0.3) is 5.57 Å². The fourth-order valence-corrected chi connectivity index (χ4v) is 1.44. The second-order valence-electron chi connectivity index (χ2n) is 2.55. The van der Waals surface area contributed by atoms with Crippen LogP contribution >= 0.6 is 11.3 Å². The second-order valence-corrected chi connectivity index (χ2v) is 3.45. The zero-order valence-corrected chi connectivity index (χ0v) is 8.10. The van der Waals surface area contributed by atoms with E-state index in [0.29, 0.717) is 0 Å². The molecule has 1 aromatic heterocycles. The van der Waals surface area contributed by atoms with E-state index in [1.54, 1.807) is 17.5 Å². The number of hydrogen-bond acceptors (Lipinski definition) is 2. The molecule has 1 heterocycles. The van der Waals surface area contributed by atoms with Crippen molar-refractivity contribution in [1.82, 2.24) is 4.98 Å². The minimum absolute atomic E-state index is 1.01. The lowest BCUT2D eigenvalue weighted by Gasteiger charge is -1.91. The number of aromatic nitrogens is 1. The largest absolute Gasteiger partial charge is 0.245 e. The lowest BCUT2D eigenvalue weighted by atomic mass is 10.2. The highest BCUT2D eigenvalue weighted by molar-refractivity contribution is 7.10. The van der Waals surface area contributed by atoms with Gasteiger partial charge in [-0.25, -0.2) is 4.98 Å². The van der Waals surface area contributed by atoms with Gasteiger partial charge in [-0.3, -0.25) is 0 Å². The van der Waals surface area contributed by atoms with Gasteiger partial charge in [-0.2, -0.15) is 0 Å². The van der Waals surface area contributed by atoms with E-state index in [0.717, 1.165) is 17.0 Å². The molecule has 0 unspecified atom stereocenters. The summed E-state index contributed by atoms with van der Waals surface area (Å²) < 4.78 is 0. The summed E-state index contributed by atoms with van der Waals surface area (Å²) in [6, 6.07) is 0. The van der Waals surface area contributed by atoms with Crippen molar-refractivity contribution in [1.29, 1.82) is 0 Å². The number of unbranched alkanes of at least 4 members (excludes halogenated alkanes) is 1. The molecular formula is C10H13NS. The van der Waals surface area contributed by atoms with Crippen LogP contribution in [0.3, 0.4) is 0 Å². The molecule has 64 valence electrons. The Hall–Kier alpha value is -0.890. The highest BCUT2D eigenvalue weighted by Gasteiger charge is 1.95. The Kier molecular flexibility index (Phi) is 3.74. The zero-order chi connectivity index (χ0) is 8.81. The van der Waals surface area contributed by atoms with E-state index in [1.807, 2.05) is 11.5 Å². The van der Waals surface area contributed by atoms with Crippen molar-refractivity contribution in [2.75, 3.05) is 0 Å². The van der Waals surface area contributed by atoms with E-state index in [9.17, 15) is 0 Å². The summed E-state index contributed by atoms with van der Waals surface area (Å²) in [6.07, 6.45) is 8.29. The predicted octanol–water partition coefficient (Wildman–Crippen LogP) is 3.51. The van der Waals surface area contributed by atoms with Gasteiger partial charge >= 0.3 is 0 Å². The summed E-state index contributed by atoms with van der Waals surface area (Å²) in [5, 5.41) is 2.98. The average molecular weight is 179 g/mol. The number of thiazole rings is 1. The van der Waals surface area contributed by atoms with Crippen LogP contribution in [-0.4, -0.2) is 4.98 Å². The minimum atomic E-state index is 1.01. The lowest BCUT2D eigenvalue weighted by Crippen LogP contribution is -1.74. The van der Waals surface area contributed by atoms with Gasteiger partial charge in [0.15, 0.2) is 0 Å². The first-order valence-corrected chi connectivity index (χ1v) is 4.98. The van der Waals surface area contributed by atoms with Gasteiger partial charge in [-0.1, -0.05) is 32.1 Å². The molecule has 0 radical (unpaired) electrons. The lowest BCUT2D eigenvalue weighted by molar-refractivity contribution is 0.959. The van der Waals surface area contributed by atoms with Crippen molar-refractivity contribution in [2.45, 2.75) is 19.8 Å². The standard InChI is InChI=1S/C10H13NS/c1-3-4-5-6-9(2)10-11-7-8-12-10/h5-8H,2-4H2,1H3. The van der Waals surface area contributed by atoms with Crippen LogP contribution in [0, 0.1) is 0 Å². The second kappa shape index (κ2) is 4.88. The quantitative estimate of drug-likeness (QED) is 0.644. The van der Waals surface area contributed by atoms with Crippen LogP contribution in [0.1, 0.15) is 24.8 Å². The van der Waals surface area contributed by atoms with Gasteiger partial charge in [0.1, 0.15) is 5.01 Å². The molecule has 0 bridgehead atoms. The maximum Gasteiger partial charge on any atom is 0.122 e. The molecule has 0 aliphatic carbocycles. The van der Waals surface area contributed by atoms with E-state index >= 15 is 0 Å². The smallest absolute Gasteiger partial charge is 0.122 e. The van der Waals surface area contributed by atoms with Gasteiger partial charge in [0.2, 0.25) is 0 Å². The predicted molar refractivity (Wildman–Crippen MR) is 55.2 cm³/mol. The minimum Gasteiger partial charge on any atom is -0.245 e. The molecule has 0 fully saturated rings. The van der Waals surface area contributed by atoms with Gasteiger partial charge in [0.25, 0.3) is 0 Å². The molecule has 0 aliphatic heterocycles. The molecule has 0 aromatic carbocycles. The molecule has 0 saturated carbocycles. The molecule has 12 heavy (non-hydrogen) atoms. The molecule has 0 amide bonds. The maximum atomic E-state index is 4.16. The monoisotopic (exact) mass is 179 g/mol. The van der Waals surface area contributed by atoms with E-state index in [1.165, 1.54) is 6.42 Å². The Balaban J connectivity index is 2.50. The third kappa shape index (κ3) is 2.62. The number of hydrogen-bond donors (Lipinski definition) is 0. The summed E-state index contributed by atoms with van der Waals surface area (Å²) in [7, 11) is 0. The summed E-state index contributed by atoms with van der Waals surface area (Å²) in [5.41, 5.74) is 1.01. The Bertz CT molecular complexity index is 259. The first-order chi connectivity index (χ1) is 5.84. The van der Waals surface area contributed by atoms with Crippen molar-refractivity contribution in [3.63, 3.8) is 0 Å². The maximum absolute atomic E-state index is 4.16. The highest BCUT2D eigenvalue weighted by atomic mass is 32.1. The Morgan fingerprint density at radius 1 is 1.75 bits per heavy atom. The number of allylic oxidation sites excluding steroid dienone is 3. The van der Waals surface area contributed by atoms with E-state index in [-0.39, 0.29) is 0 Å². The molecule has 0 N–H and O–H groups in total. The van der Waals surface area contributed by atoms with E-state index in [4.69, 9.17) is 0 Å². The molecule has 1 rings (SSSR count). The van der Waals surface area contributed by atoms with Crippen LogP contribution in [0.4, 0.5) is 0 Å². The van der Waals surface area contributed by atoms with E-state index < -0.39 is 0 Å². The summed E-state index contributed by atoms with van der Waals surface area (Å²) in [6.45, 7) is 6.09. The molecule has 0 spiro atoms. The van der Waals surface area contributed by atoms with Gasteiger partial charge < -0.3 is 0 Å². The summed E-state index contributed by atoms with van der Waals surface area (Å²) in [4.78, 5) is 4.16. The van der Waals surface area contributed by atoms with Crippen molar-refractivity contribution in [3.05, 3.63) is 35.3 Å². The van der Waals surface area contributed by atoms with Gasteiger partial charge in [0, 0.05) is 17.2 Å². The summed E-state index contributed by atoms with van der Waals surface area (Å²) >= 11 is 1.63. The van der Waals surface area contributed by atoms with Crippen LogP contribution in [0.5, 0.6) is 0 Å². The number of nitrogens with zero attached hydrogens (tertiary/aromatic N) is 1. The fourth-order valence-electron chi connectivity index (χ4n) is 0.846. The van der Waals surface area contributed by atoms with Crippen LogP contribution in [0.2, 0.25) is 0 Å². The van der Waals surface area contributed by atoms with Crippen molar-refractivity contribution >= 4 is 16.9 Å². The zero-order valence-electron chi connectivity index (χ0n) is 7.29. The Labute approximate surface area is 77.5 Å². The third-order valence-electron chi connectivity index (χ3n) is 1.48. The topological polar surface area (TPSA) is 12.9 Å². The van der Waals surface area contributed by atoms with Crippen molar-refractivity contribution in [2.24, 2.45) is 0 Å². The SMILES string of the molecule is C=C(C=CCCC)c1nccs1. The Morgan fingerprint density at radius 3 is 3.17 bits per heavy atom. The molecule has 2 heteroatoms. The number of rotatable bonds is 4. The van der Waals surface area contributed by atoms with Crippen LogP contribution in [-0.2, 0) is 0 Å². The van der Waals surface area contributed by atoms with Gasteiger partial charge in [-0.05, 0) is 6.42 Å². The molecule has 0 aliphatic rings. The molecule has 1 nitrogen and oxygen atoms in total. The first-order valence-electron chi connectivity index (χ1n) is 4.10. The third-order valence-corrected chi connectivity index (χ3v) is 2.33. The van der Waals surface area contributed by atoms with Crippen LogP contribution < -0.4 is 0 Å².